The summed E-state index contributed by atoms with van der Waals surface area (Å²) in [5, 5.41) is 13.8. The van der Waals surface area contributed by atoms with E-state index in [-0.39, 0.29) is 23.1 Å². The molecule has 0 aliphatic heterocycles. The van der Waals surface area contributed by atoms with Crippen LogP contribution < -0.4 is 5.56 Å². The topological polar surface area (TPSA) is 92.8 Å². The predicted octanol–water partition coefficient (Wildman–Crippen LogP) is 4.88. The van der Waals surface area contributed by atoms with Crippen LogP contribution in [0.1, 0.15) is 68.9 Å². The van der Waals surface area contributed by atoms with Crippen molar-refractivity contribution in [1.29, 1.82) is 0 Å². The molecule has 0 fully saturated rings. The smallest absolute Gasteiger partial charge is 0.252 e. The molecular formula is C26H34N6O2. The Morgan fingerprint density at radius 3 is 2.50 bits per heavy atom. The third kappa shape index (κ3) is 4.68. The number of aryl methyl sites for hydroxylation is 2. The Labute approximate surface area is 200 Å². The van der Waals surface area contributed by atoms with Gasteiger partial charge in [0, 0.05) is 17.5 Å². The van der Waals surface area contributed by atoms with Crippen molar-refractivity contribution in [3.63, 3.8) is 0 Å². The number of benzene rings is 1. The maximum atomic E-state index is 13.2. The van der Waals surface area contributed by atoms with Gasteiger partial charge in [0.2, 0.25) is 0 Å². The van der Waals surface area contributed by atoms with Crippen molar-refractivity contribution in [2.24, 2.45) is 5.92 Å². The number of fused-ring (bicyclic) bond motifs is 1. The lowest BCUT2D eigenvalue weighted by molar-refractivity contribution is 0.111. The molecule has 0 aliphatic carbocycles. The normalized spacial score (nSPS) is 13.3. The molecule has 180 valence electrons. The van der Waals surface area contributed by atoms with Gasteiger partial charge in [-0.3, -0.25) is 9.69 Å². The van der Waals surface area contributed by atoms with Gasteiger partial charge in [0.25, 0.3) is 5.56 Å². The standard InChI is InChI=1S/C26H34N6O2/c1-16(2)23(24-28-29-30-32(24)26(5,6)7)31(15-20-9-8-12-34-20)14-19-13-21-17(3)10-11-18(4)22(21)27-25(19)33/h8-13,16,23H,14-15H2,1-7H3,(H,27,33). The lowest BCUT2D eigenvalue weighted by Crippen LogP contribution is -2.37. The quantitative estimate of drug-likeness (QED) is 0.421. The Balaban J connectivity index is 1.82. The number of tetrazole rings is 1. The average Bonchev–Trinajstić information content (AvgIpc) is 3.44. The van der Waals surface area contributed by atoms with E-state index in [0.29, 0.717) is 18.7 Å². The number of nitrogens with zero attached hydrogens (tertiary/aromatic N) is 5. The lowest BCUT2D eigenvalue weighted by atomic mass is 9.98. The van der Waals surface area contributed by atoms with Gasteiger partial charge >= 0.3 is 0 Å². The molecule has 8 nitrogen and oxygen atoms in total. The number of aromatic nitrogens is 5. The van der Waals surface area contributed by atoms with Crippen molar-refractivity contribution in [3.05, 3.63) is 75.2 Å². The van der Waals surface area contributed by atoms with Crippen LogP contribution in [0.5, 0.6) is 0 Å². The molecular weight excluding hydrogens is 428 g/mol. The minimum absolute atomic E-state index is 0.0800. The summed E-state index contributed by atoms with van der Waals surface area (Å²) in [6, 6.07) is 9.86. The number of pyridine rings is 1. The summed E-state index contributed by atoms with van der Waals surface area (Å²) in [7, 11) is 0. The van der Waals surface area contributed by atoms with Crippen LogP contribution in [0.2, 0.25) is 0 Å². The summed E-state index contributed by atoms with van der Waals surface area (Å²) in [4.78, 5) is 18.5. The van der Waals surface area contributed by atoms with E-state index in [1.54, 1.807) is 6.26 Å². The summed E-state index contributed by atoms with van der Waals surface area (Å²) >= 11 is 0. The zero-order chi connectivity index (χ0) is 24.6. The third-order valence-corrected chi connectivity index (χ3v) is 6.25. The first-order chi connectivity index (χ1) is 16.1. The van der Waals surface area contributed by atoms with E-state index in [1.807, 2.05) is 35.9 Å². The fraction of sp³-hybridized carbons (Fsp3) is 0.462. The first-order valence-electron chi connectivity index (χ1n) is 11.7. The molecule has 1 aromatic carbocycles. The number of furan rings is 1. The maximum Gasteiger partial charge on any atom is 0.252 e. The van der Waals surface area contributed by atoms with E-state index in [0.717, 1.165) is 33.6 Å². The molecule has 0 saturated heterocycles. The van der Waals surface area contributed by atoms with Crippen molar-refractivity contribution in [1.82, 2.24) is 30.1 Å². The Bertz CT molecular complexity index is 1330. The molecule has 1 N–H and O–H groups in total. The van der Waals surface area contributed by atoms with E-state index in [2.05, 4.69) is 73.0 Å². The highest BCUT2D eigenvalue weighted by Crippen LogP contribution is 2.32. The second-order valence-corrected chi connectivity index (χ2v) is 10.4. The number of nitrogens with one attached hydrogen (secondary N) is 1. The second-order valence-electron chi connectivity index (χ2n) is 10.4. The van der Waals surface area contributed by atoms with Crippen LogP contribution in [0.25, 0.3) is 10.9 Å². The minimum Gasteiger partial charge on any atom is -0.468 e. The molecule has 0 spiro atoms. The van der Waals surface area contributed by atoms with Gasteiger partial charge in [-0.25, -0.2) is 4.68 Å². The van der Waals surface area contributed by atoms with Gasteiger partial charge in [0.15, 0.2) is 5.82 Å². The van der Waals surface area contributed by atoms with Gasteiger partial charge < -0.3 is 9.40 Å². The van der Waals surface area contributed by atoms with E-state index in [1.165, 1.54) is 0 Å². The Kier molecular flexibility index (Phi) is 6.45. The fourth-order valence-corrected chi connectivity index (χ4v) is 4.55. The Morgan fingerprint density at radius 2 is 1.85 bits per heavy atom. The molecule has 4 aromatic rings. The van der Waals surface area contributed by atoms with Crippen LogP contribution in [0, 0.1) is 19.8 Å². The van der Waals surface area contributed by atoms with Gasteiger partial charge in [0.05, 0.1) is 29.9 Å². The molecule has 0 bridgehead atoms. The van der Waals surface area contributed by atoms with Crippen LogP contribution in [-0.4, -0.2) is 30.1 Å². The van der Waals surface area contributed by atoms with Gasteiger partial charge in [0.1, 0.15) is 5.76 Å². The van der Waals surface area contributed by atoms with Crippen LogP contribution in [0.15, 0.2) is 45.8 Å². The largest absolute Gasteiger partial charge is 0.468 e. The van der Waals surface area contributed by atoms with E-state index >= 15 is 0 Å². The van der Waals surface area contributed by atoms with Gasteiger partial charge in [-0.15, -0.1) is 5.10 Å². The summed E-state index contributed by atoms with van der Waals surface area (Å²) < 4.78 is 7.58. The zero-order valence-corrected chi connectivity index (χ0v) is 21.1. The molecule has 3 heterocycles. The van der Waals surface area contributed by atoms with Crippen molar-refractivity contribution >= 4 is 10.9 Å². The monoisotopic (exact) mass is 462 g/mol. The minimum atomic E-state index is -0.280. The Morgan fingerprint density at radius 1 is 1.12 bits per heavy atom. The number of hydrogen-bond acceptors (Lipinski definition) is 6. The molecule has 0 aliphatic rings. The molecule has 4 rings (SSSR count). The fourth-order valence-electron chi connectivity index (χ4n) is 4.55. The molecule has 1 unspecified atom stereocenters. The van der Waals surface area contributed by atoms with Crippen molar-refractivity contribution < 1.29 is 4.42 Å². The maximum absolute atomic E-state index is 13.2. The lowest BCUT2D eigenvalue weighted by Gasteiger charge is -2.34. The molecule has 0 amide bonds. The van der Waals surface area contributed by atoms with E-state index in [9.17, 15) is 4.79 Å². The summed E-state index contributed by atoms with van der Waals surface area (Å²) in [5.74, 6) is 1.79. The molecule has 8 heteroatoms. The SMILES string of the molecule is Cc1ccc(C)c2[nH]c(=O)c(CN(Cc3ccco3)C(c3nnnn3C(C)(C)C)C(C)C)cc12. The van der Waals surface area contributed by atoms with Crippen molar-refractivity contribution in [3.8, 4) is 0 Å². The number of H-pyrrole nitrogens is 1. The van der Waals surface area contributed by atoms with E-state index in [4.69, 9.17) is 4.42 Å². The summed E-state index contributed by atoms with van der Waals surface area (Å²) in [5.41, 5.74) is 3.42. The highest BCUT2D eigenvalue weighted by atomic mass is 16.3. The zero-order valence-electron chi connectivity index (χ0n) is 21.1. The first kappa shape index (κ1) is 23.9. The summed E-state index contributed by atoms with van der Waals surface area (Å²) in [6.07, 6.45) is 1.67. The van der Waals surface area contributed by atoms with Gasteiger partial charge in [-0.1, -0.05) is 26.0 Å². The number of aromatic amines is 1. The van der Waals surface area contributed by atoms with Gasteiger partial charge in [-0.05, 0) is 80.3 Å². The molecule has 34 heavy (non-hydrogen) atoms. The van der Waals surface area contributed by atoms with Crippen molar-refractivity contribution in [2.45, 2.75) is 73.1 Å². The van der Waals surface area contributed by atoms with Crippen molar-refractivity contribution in [2.75, 3.05) is 0 Å². The molecule has 0 saturated carbocycles. The van der Waals surface area contributed by atoms with Crippen LogP contribution >= 0.6 is 0 Å². The van der Waals surface area contributed by atoms with Crippen LogP contribution in [-0.2, 0) is 18.6 Å². The number of rotatable bonds is 7. The average molecular weight is 463 g/mol. The van der Waals surface area contributed by atoms with Crippen LogP contribution in [0.3, 0.4) is 0 Å². The van der Waals surface area contributed by atoms with E-state index < -0.39 is 0 Å². The predicted molar refractivity (Wildman–Crippen MR) is 132 cm³/mol. The molecule has 3 aromatic heterocycles. The first-order valence-corrected chi connectivity index (χ1v) is 11.7. The highest BCUT2D eigenvalue weighted by molar-refractivity contribution is 5.85. The third-order valence-electron chi connectivity index (χ3n) is 6.25. The number of hydrogen-bond donors (Lipinski definition) is 1. The van der Waals surface area contributed by atoms with Gasteiger partial charge in [-0.2, -0.15) is 0 Å². The molecule has 0 radical (unpaired) electrons. The Hall–Kier alpha value is -3.26. The summed E-state index contributed by atoms with van der Waals surface area (Å²) in [6.45, 7) is 15.6. The van der Waals surface area contributed by atoms with Crippen LogP contribution in [0.4, 0.5) is 0 Å². The highest BCUT2D eigenvalue weighted by Gasteiger charge is 2.33. The second kappa shape index (κ2) is 9.18. The molecule has 1 atom stereocenters.